The minimum Gasteiger partial charge on any atom is -0.617 e. The molecule has 0 saturated heterocycles. The number of hydrogen-bond donors (Lipinski definition) is 16. The third-order valence-electron chi connectivity index (χ3n) is 11.8. The zero-order chi connectivity index (χ0) is 58.7. The molecule has 9 amide bonds. The maximum atomic E-state index is 14.3. The summed E-state index contributed by atoms with van der Waals surface area (Å²) in [5.74, 6) is -12.7. The number of aromatic hydroxyl groups is 1. The number of unbranched alkanes of at least 4 members (excludes halogenated alkanes) is 1. The maximum absolute atomic E-state index is 14.3. The minimum absolute atomic E-state index is 0.0188. The van der Waals surface area contributed by atoms with Gasteiger partial charge in [0.15, 0.2) is 0 Å². The number of phenolic OH excluding ortho intramolecular Hbond substituents is 1. The van der Waals surface area contributed by atoms with E-state index in [4.69, 9.17) is 11.5 Å². The number of nitrogens with one attached hydrogen (secondary N) is 9. The lowest BCUT2D eigenvalue weighted by Crippen LogP contribution is -2.61. The van der Waals surface area contributed by atoms with Crippen molar-refractivity contribution in [3.8, 4) is 5.75 Å². The van der Waals surface area contributed by atoms with Gasteiger partial charge in [0, 0.05) is 18.6 Å². The number of carbonyl (C=O) groups excluding carboxylic acids is 9. The highest BCUT2D eigenvalue weighted by Gasteiger charge is 2.36. The summed E-state index contributed by atoms with van der Waals surface area (Å²) in [4.78, 5) is 145. The lowest BCUT2D eigenvalue weighted by Gasteiger charge is -2.29. The third-order valence-corrected chi connectivity index (χ3v) is 13.0. The van der Waals surface area contributed by atoms with Crippen LogP contribution in [0.2, 0.25) is 0 Å². The average Bonchev–Trinajstić information content (AvgIpc) is 3.35. The number of aliphatic hydroxyl groups is 1. The molecule has 0 fully saturated rings. The van der Waals surface area contributed by atoms with Gasteiger partial charge in [-0.3, -0.25) is 47.9 Å². The first-order valence-corrected chi connectivity index (χ1v) is 27.4. The van der Waals surface area contributed by atoms with E-state index in [1.807, 2.05) is 0 Å². The first kappa shape index (κ1) is 68.7. The van der Waals surface area contributed by atoms with Gasteiger partial charge in [0.1, 0.15) is 59.8 Å². The molecule has 1 aromatic carbocycles. The molecule has 17 N–H and O–H groups in total. The molecule has 27 nitrogen and oxygen atoms in total. The number of rotatable bonds is 36. The second kappa shape index (κ2) is 35.2. The Morgan fingerprint density at radius 2 is 1.17 bits per heavy atom. The summed E-state index contributed by atoms with van der Waals surface area (Å²) < 4.78 is 11.8. The van der Waals surface area contributed by atoms with E-state index in [0.717, 1.165) is 6.92 Å². The normalized spacial score (nSPS) is 15.9. The monoisotopic (exact) mass is 1130 g/mol. The molecular weight excluding hydrogens is 1050 g/mol. The molecule has 1 aromatic rings. The summed E-state index contributed by atoms with van der Waals surface area (Å²) in [6.07, 6.45) is -0.442. The molecule has 0 radical (unpaired) electrons. The highest BCUT2D eigenvalue weighted by atomic mass is 32.2. The van der Waals surface area contributed by atoms with Gasteiger partial charge in [-0.2, -0.15) is 12.6 Å². The average molecular weight is 1130 g/mol. The van der Waals surface area contributed by atoms with E-state index >= 15 is 0 Å². The largest absolute Gasteiger partial charge is 0.617 e. The molecule has 0 aromatic heterocycles. The van der Waals surface area contributed by atoms with Gasteiger partial charge in [0.2, 0.25) is 53.2 Å². The zero-order valence-electron chi connectivity index (χ0n) is 44.4. The van der Waals surface area contributed by atoms with Gasteiger partial charge in [0.05, 0.1) is 31.4 Å². The van der Waals surface area contributed by atoms with Crippen LogP contribution in [0.1, 0.15) is 92.1 Å². The standard InChI is InChI=1S/C48H79N11O16S2/c1-8-25(4)38(47(72)57-35(23-76)45(70)54-31(48(73)74)11-9-10-17-49)58-43(68)33(20-28-12-14-29(61)15-13-28)55-42(67)32(19-24(2)3)52-36(62)22-51-46(71)39(27(6)60)59-44(69)34(21-37(63)64)56-41(66)30(16-18-77(7)75)53-40(65)26(5)50/h12-15,24-27,30-35,38-39,60-61,76H,8-11,16-23,49-50H2,1-7H3,(H,51,71)(H,52,62)(H,53,65)(H,54,70)(H,55,67)(H,56,66)(H,57,72)(H,58,68)(H,59,69)(H,63,64)(H,73,74)/t25-,26-,27+,30-,31-,32-,33-,34-,35-,38-,39-,77?/m0/s1. The molecule has 0 bridgehead atoms. The second-order valence-electron chi connectivity index (χ2n) is 19.0. The summed E-state index contributed by atoms with van der Waals surface area (Å²) >= 11 is 2.76. The lowest BCUT2D eigenvalue weighted by atomic mass is 9.96. The Labute approximate surface area is 456 Å². The molecule has 0 aliphatic carbocycles. The van der Waals surface area contributed by atoms with E-state index in [2.05, 4.69) is 60.5 Å². The fourth-order valence-electron chi connectivity index (χ4n) is 7.18. The van der Waals surface area contributed by atoms with Gasteiger partial charge in [0.25, 0.3) is 0 Å². The maximum Gasteiger partial charge on any atom is 0.326 e. The van der Waals surface area contributed by atoms with E-state index in [9.17, 15) is 77.7 Å². The number of nitrogens with two attached hydrogens (primary N) is 2. The van der Waals surface area contributed by atoms with E-state index in [1.165, 1.54) is 37.4 Å². The summed E-state index contributed by atoms with van der Waals surface area (Å²) in [5, 5.41) is 61.3. The van der Waals surface area contributed by atoms with Crippen LogP contribution in [0.3, 0.4) is 0 Å². The first-order chi connectivity index (χ1) is 36.0. The number of benzene rings is 1. The van der Waals surface area contributed by atoms with Gasteiger partial charge >= 0.3 is 11.9 Å². The molecular formula is C48H79N11O16S2. The highest BCUT2D eigenvalue weighted by molar-refractivity contribution is 7.90. The Bertz CT molecular complexity index is 2150. The summed E-state index contributed by atoms with van der Waals surface area (Å²) in [7, 11) is 0. The number of aliphatic carboxylic acids is 2. The van der Waals surface area contributed by atoms with E-state index in [1.54, 1.807) is 27.7 Å². The van der Waals surface area contributed by atoms with E-state index < -0.39 is 156 Å². The van der Waals surface area contributed by atoms with Gasteiger partial charge in [-0.25, -0.2) is 4.79 Å². The van der Waals surface area contributed by atoms with Crippen LogP contribution < -0.4 is 59.3 Å². The number of aliphatic hydroxyl groups excluding tert-OH is 1. The molecule has 1 unspecified atom stereocenters. The van der Waals surface area contributed by atoms with E-state index in [-0.39, 0.29) is 48.9 Å². The molecule has 29 heteroatoms. The Hall–Kier alpha value is -6.27. The molecule has 0 spiro atoms. The van der Waals surface area contributed by atoms with Crippen molar-refractivity contribution < 1.29 is 77.7 Å². The molecule has 0 saturated carbocycles. The molecule has 77 heavy (non-hydrogen) atoms. The summed E-state index contributed by atoms with van der Waals surface area (Å²) in [6.45, 7) is 8.73. The van der Waals surface area contributed by atoms with Crippen molar-refractivity contribution in [2.24, 2.45) is 23.3 Å². The van der Waals surface area contributed by atoms with Crippen molar-refractivity contribution in [3.05, 3.63) is 29.8 Å². The quantitative estimate of drug-likeness (QED) is 0.0174. The lowest BCUT2D eigenvalue weighted by molar-refractivity contribution is -0.142. The number of thiol groups is 1. The van der Waals surface area contributed by atoms with E-state index in [0.29, 0.717) is 31.4 Å². The Balaban J connectivity index is 3.36. The number of carboxylic acids is 2. The fraction of sp³-hybridized carbons (Fsp3) is 0.646. The number of carbonyl (C=O) groups is 11. The van der Waals surface area contributed by atoms with Crippen molar-refractivity contribution in [2.45, 2.75) is 153 Å². The smallest absolute Gasteiger partial charge is 0.326 e. The summed E-state index contributed by atoms with van der Waals surface area (Å²) in [5.41, 5.74) is 11.6. The SMILES string of the molecule is CC[C@H](C)[C@H](NC(=O)[C@H](Cc1ccc(O)cc1)NC(=O)[C@H](CC(C)C)NC(=O)CNC(=O)[C@@H](NC(=O)[C@H](CC(=O)O)NC(=O)[C@H](CC[S+](C)[O-])NC(=O)[C@H](C)N)[C@@H](C)O)C(=O)N[C@@H](CS)C(=O)N[C@@H](CCCCN)C(=O)O. The molecule has 1 rings (SSSR count). The van der Waals surface area contributed by atoms with Crippen molar-refractivity contribution in [3.63, 3.8) is 0 Å². The van der Waals surface area contributed by atoms with Crippen molar-refractivity contribution in [1.29, 1.82) is 0 Å². The summed E-state index contributed by atoms with van der Waals surface area (Å²) in [6, 6.07) is -7.28. The van der Waals surface area contributed by atoms with Gasteiger partial charge < -0.3 is 84.3 Å². The Kier molecular flexibility index (Phi) is 31.4. The minimum atomic E-state index is -1.88. The van der Waals surface area contributed by atoms with Crippen LogP contribution in [0.25, 0.3) is 0 Å². The Morgan fingerprint density at radius 1 is 0.649 bits per heavy atom. The molecule has 12 atom stereocenters. The van der Waals surface area contributed by atoms with Gasteiger partial charge in [-0.1, -0.05) is 57.4 Å². The van der Waals surface area contributed by atoms with Crippen LogP contribution in [0, 0.1) is 11.8 Å². The van der Waals surface area contributed by atoms with Crippen LogP contribution in [0.5, 0.6) is 5.75 Å². The van der Waals surface area contributed by atoms with Crippen molar-refractivity contribution in [1.82, 2.24) is 47.9 Å². The first-order valence-electron chi connectivity index (χ1n) is 25.0. The second-order valence-corrected chi connectivity index (χ2v) is 20.9. The highest BCUT2D eigenvalue weighted by Crippen LogP contribution is 2.15. The topological polar surface area (TPSA) is 452 Å². The zero-order valence-corrected chi connectivity index (χ0v) is 46.1. The van der Waals surface area contributed by atoms with Crippen LogP contribution in [-0.2, 0) is 70.3 Å². The predicted molar refractivity (Wildman–Crippen MR) is 285 cm³/mol. The van der Waals surface area contributed by atoms with Gasteiger partial charge in [-0.15, -0.1) is 0 Å². The third kappa shape index (κ3) is 26.1. The van der Waals surface area contributed by atoms with Crippen LogP contribution in [0.4, 0.5) is 0 Å². The number of phenols is 1. The molecule has 0 aliphatic rings. The number of amides is 9. The fourth-order valence-corrected chi connectivity index (χ4v) is 8.00. The predicted octanol–water partition coefficient (Wildman–Crippen LogP) is -3.86. The van der Waals surface area contributed by atoms with Crippen molar-refractivity contribution >= 4 is 88.9 Å². The van der Waals surface area contributed by atoms with Gasteiger partial charge in [-0.05, 0) is 75.6 Å². The van der Waals surface area contributed by atoms with Crippen LogP contribution in [-0.4, -0.2) is 181 Å². The molecule has 0 aliphatic heterocycles. The van der Waals surface area contributed by atoms with Crippen LogP contribution >= 0.6 is 12.6 Å². The number of carboxylic acid groups (broad SMARTS) is 2. The molecule has 434 valence electrons. The number of hydrogen-bond acceptors (Lipinski definition) is 17. The van der Waals surface area contributed by atoms with Crippen molar-refractivity contribution in [2.75, 3.05) is 30.9 Å². The Morgan fingerprint density at radius 3 is 1.69 bits per heavy atom. The van der Waals surface area contributed by atoms with Crippen LogP contribution in [0.15, 0.2) is 24.3 Å². The molecule has 0 heterocycles.